The van der Waals surface area contributed by atoms with Crippen molar-refractivity contribution in [2.45, 2.75) is 20.8 Å². The van der Waals surface area contributed by atoms with Crippen molar-refractivity contribution in [2.75, 3.05) is 30.2 Å². The van der Waals surface area contributed by atoms with E-state index in [1.165, 1.54) is 26.0 Å². The average Bonchev–Trinajstić information content (AvgIpc) is 3.90. The number of aryl methyl sites for hydroxylation is 2. The second-order valence-electron chi connectivity index (χ2n) is 12.8. The van der Waals surface area contributed by atoms with Crippen LogP contribution in [0.5, 0.6) is 34.5 Å². The maximum absolute atomic E-state index is 6.05. The summed E-state index contributed by atoms with van der Waals surface area (Å²) in [5.41, 5.74) is 12.4. The Balaban J connectivity index is 1.27. The van der Waals surface area contributed by atoms with Gasteiger partial charge >= 0.3 is 0 Å². The number of anilines is 6. The number of rotatable bonds is 2. The van der Waals surface area contributed by atoms with E-state index in [9.17, 15) is 0 Å². The Hall–Kier alpha value is -5.48. The molecular formula is C38H27BN2O6S. The molecule has 0 spiro atoms. The number of fused-ring (bicyclic) bond motifs is 9. The molecular weight excluding hydrogens is 623 g/mol. The van der Waals surface area contributed by atoms with Gasteiger partial charge in [0, 0.05) is 39.5 Å². The molecule has 10 heteroatoms. The molecule has 0 saturated carbocycles. The van der Waals surface area contributed by atoms with E-state index in [2.05, 4.69) is 97.3 Å². The first-order chi connectivity index (χ1) is 23.5. The number of ether oxygens (including phenoxy) is 6. The van der Waals surface area contributed by atoms with Crippen molar-refractivity contribution in [1.82, 2.24) is 0 Å². The lowest BCUT2D eigenvalue weighted by atomic mass is 9.33. The van der Waals surface area contributed by atoms with Crippen molar-refractivity contribution in [2.24, 2.45) is 0 Å². The minimum atomic E-state index is -0.0533. The van der Waals surface area contributed by atoms with E-state index < -0.39 is 0 Å². The van der Waals surface area contributed by atoms with Gasteiger partial charge in [0.2, 0.25) is 20.4 Å². The minimum Gasteiger partial charge on any atom is -0.454 e. The van der Waals surface area contributed by atoms with Crippen LogP contribution in [-0.2, 0) is 0 Å². The Morgan fingerprint density at radius 1 is 0.625 bits per heavy atom. The van der Waals surface area contributed by atoms with Gasteiger partial charge in [-0.2, -0.15) is 0 Å². The fourth-order valence-electron chi connectivity index (χ4n) is 8.22. The summed E-state index contributed by atoms with van der Waals surface area (Å²) < 4.78 is 36.7. The molecule has 5 aliphatic heterocycles. The largest absolute Gasteiger partial charge is 0.454 e. The van der Waals surface area contributed by atoms with Crippen LogP contribution in [0.15, 0.2) is 72.8 Å². The topological polar surface area (TPSA) is 61.9 Å². The third-order valence-corrected chi connectivity index (χ3v) is 11.3. The molecule has 0 radical (unpaired) electrons. The Morgan fingerprint density at radius 3 is 2.19 bits per heavy atom. The molecule has 5 aromatic carbocycles. The van der Waals surface area contributed by atoms with E-state index in [1.54, 1.807) is 0 Å². The van der Waals surface area contributed by atoms with Gasteiger partial charge in [-0.1, -0.05) is 18.2 Å². The van der Waals surface area contributed by atoms with Crippen LogP contribution < -0.4 is 54.6 Å². The molecule has 5 aliphatic rings. The summed E-state index contributed by atoms with van der Waals surface area (Å²) in [6, 6.07) is 26.0. The van der Waals surface area contributed by atoms with Crippen LogP contribution in [0.25, 0.3) is 10.1 Å². The summed E-state index contributed by atoms with van der Waals surface area (Å²) in [5, 5.41) is 2.45. The lowest BCUT2D eigenvalue weighted by molar-refractivity contribution is 0.173. The third-order valence-electron chi connectivity index (χ3n) is 10.1. The fourth-order valence-corrected chi connectivity index (χ4v) is 9.48. The van der Waals surface area contributed by atoms with E-state index in [4.69, 9.17) is 28.4 Å². The molecule has 0 N–H and O–H groups in total. The molecule has 0 fully saturated rings. The molecule has 1 aromatic heterocycles. The Bertz CT molecular complexity index is 2420. The number of hydrogen-bond acceptors (Lipinski definition) is 9. The summed E-state index contributed by atoms with van der Waals surface area (Å²) >= 11 is 1.84. The molecule has 0 amide bonds. The van der Waals surface area contributed by atoms with E-state index in [1.807, 2.05) is 17.4 Å². The van der Waals surface area contributed by atoms with Crippen molar-refractivity contribution in [3.05, 3.63) is 89.5 Å². The van der Waals surface area contributed by atoms with Gasteiger partial charge < -0.3 is 38.2 Å². The molecule has 0 aliphatic carbocycles. The van der Waals surface area contributed by atoms with Gasteiger partial charge in [0.1, 0.15) is 0 Å². The Morgan fingerprint density at radius 2 is 1.33 bits per heavy atom. The molecule has 11 rings (SSSR count). The molecule has 6 aromatic rings. The summed E-state index contributed by atoms with van der Waals surface area (Å²) in [7, 11) is 0. The van der Waals surface area contributed by atoms with Gasteiger partial charge in [0.25, 0.3) is 6.71 Å². The van der Waals surface area contributed by atoms with Crippen molar-refractivity contribution < 1.29 is 28.4 Å². The first kappa shape index (κ1) is 26.6. The minimum absolute atomic E-state index is 0.0533. The van der Waals surface area contributed by atoms with Gasteiger partial charge in [0.15, 0.2) is 34.5 Å². The predicted octanol–water partition coefficient (Wildman–Crippen LogP) is 7.10. The lowest BCUT2D eigenvalue weighted by Crippen LogP contribution is -2.61. The number of hydrogen-bond donors (Lipinski definition) is 0. The van der Waals surface area contributed by atoms with E-state index in [-0.39, 0.29) is 27.1 Å². The monoisotopic (exact) mass is 650 g/mol. The van der Waals surface area contributed by atoms with Crippen LogP contribution in [0.3, 0.4) is 0 Å². The zero-order chi connectivity index (χ0) is 31.8. The average molecular weight is 651 g/mol. The van der Waals surface area contributed by atoms with Crippen LogP contribution in [-0.4, -0.2) is 27.1 Å². The van der Waals surface area contributed by atoms with Crippen LogP contribution in [0.1, 0.15) is 16.7 Å². The van der Waals surface area contributed by atoms with Gasteiger partial charge in [-0.05, 0) is 96.1 Å². The standard InChI is InChI=1S/C38H27BN2O6S/c1-19-10-26-35-27(11-19)41(36-20(2)12-32-37(21(36)3)47-18-46-32)38-34(23-6-4-5-7-33(23)48-38)39(35)24-14-30-31(45-17-44-30)15-25(24)40(26)22-8-9-28-29(13-22)43-16-42-28/h4-15H,16-18H2,1-3H3. The molecule has 0 saturated heterocycles. The van der Waals surface area contributed by atoms with Gasteiger partial charge in [-0.15, -0.1) is 11.3 Å². The van der Waals surface area contributed by atoms with E-state index in [0.29, 0.717) is 0 Å². The summed E-state index contributed by atoms with van der Waals surface area (Å²) in [4.78, 5) is 4.82. The van der Waals surface area contributed by atoms with Crippen molar-refractivity contribution >= 4 is 78.0 Å². The molecule has 8 nitrogen and oxygen atoms in total. The number of thiophene rings is 1. The highest BCUT2D eigenvalue weighted by Crippen LogP contribution is 2.53. The van der Waals surface area contributed by atoms with Crippen molar-refractivity contribution in [3.8, 4) is 34.5 Å². The number of nitrogens with zero attached hydrogens (tertiary/aromatic N) is 2. The van der Waals surface area contributed by atoms with E-state index in [0.717, 1.165) is 85.1 Å². The summed E-state index contributed by atoms with van der Waals surface area (Å²) in [6.07, 6.45) is 0. The quantitative estimate of drug-likeness (QED) is 0.184. The molecule has 234 valence electrons. The summed E-state index contributed by atoms with van der Waals surface area (Å²) in [5.74, 6) is 4.60. The smallest absolute Gasteiger partial charge is 0.254 e. The first-order valence-electron chi connectivity index (χ1n) is 16.0. The molecule has 48 heavy (non-hydrogen) atoms. The van der Waals surface area contributed by atoms with Crippen molar-refractivity contribution in [1.29, 1.82) is 0 Å². The highest BCUT2D eigenvalue weighted by molar-refractivity contribution is 7.26. The zero-order valence-electron chi connectivity index (χ0n) is 26.4. The second-order valence-corrected chi connectivity index (χ2v) is 13.9. The zero-order valence-corrected chi connectivity index (χ0v) is 27.2. The highest BCUT2D eigenvalue weighted by atomic mass is 32.1. The van der Waals surface area contributed by atoms with Gasteiger partial charge in [-0.3, -0.25) is 0 Å². The second kappa shape index (κ2) is 9.32. The lowest BCUT2D eigenvalue weighted by Gasteiger charge is -2.44. The van der Waals surface area contributed by atoms with Crippen LogP contribution in [0, 0.1) is 20.8 Å². The van der Waals surface area contributed by atoms with E-state index >= 15 is 0 Å². The maximum Gasteiger partial charge on any atom is 0.254 e. The molecule has 0 bridgehead atoms. The molecule has 0 unspecified atom stereocenters. The van der Waals surface area contributed by atoms with Crippen LogP contribution in [0.4, 0.5) is 33.4 Å². The predicted molar refractivity (Wildman–Crippen MR) is 188 cm³/mol. The van der Waals surface area contributed by atoms with Crippen molar-refractivity contribution in [3.63, 3.8) is 0 Å². The highest BCUT2D eigenvalue weighted by Gasteiger charge is 2.47. The normalized spacial score (nSPS) is 15.6. The third kappa shape index (κ3) is 3.40. The van der Waals surface area contributed by atoms with Crippen LogP contribution >= 0.6 is 11.3 Å². The molecule has 6 heterocycles. The number of benzene rings is 5. The summed E-state index contributed by atoms with van der Waals surface area (Å²) in [6.45, 7) is 7.08. The maximum atomic E-state index is 6.05. The van der Waals surface area contributed by atoms with Gasteiger partial charge in [-0.25, -0.2) is 0 Å². The Labute approximate surface area is 280 Å². The fraction of sp³-hybridized carbons (Fsp3) is 0.158. The first-order valence-corrected chi connectivity index (χ1v) is 16.8. The van der Waals surface area contributed by atoms with Crippen LogP contribution in [0.2, 0.25) is 0 Å². The molecule has 0 atom stereocenters. The van der Waals surface area contributed by atoms with Gasteiger partial charge in [0.05, 0.1) is 16.4 Å². The Kier molecular flexibility index (Phi) is 5.16. The SMILES string of the molecule is Cc1cc2c3c(c1)N(c1c(C)cc4c(c1C)OCO4)c1sc4ccccc4c1B3c1cc3c(cc1N2c1ccc2c(c1)OCO2)OCO3.